The third-order valence-electron chi connectivity index (χ3n) is 4.33. The van der Waals surface area contributed by atoms with Crippen molar-refractivity contribution in [3.8, 4) is 0 Å². The van der Waals surface area contributed by atoms with E-state index in [2.05, 4.69) is 27.8 Å². The van der Waals surface area contributed by atoms with Crippen LogP contribution in [-0.2, 0) is 33.5 Å². The molecule has 0 aromatic heterocycles. The van der Waals surface area contributed by atoms with Gasteiger partial charge >= 0.3 is 0 Å². The van der Waals surface area contributed by atoms with Crippen LogP contribution in [0.2, 0.25) is 0 Å². The fourth-order valence-corrected chi connectivity index (χ4v) is 4.75. The first kappa shape index (κ1) is 40.7. The second-order valence-electron chi connectivity index (χ2n) is 6.73. The summed E-state index contributed by atoms with van der Waals surface area (Å²) in [5.41, 5.74) is 0. The molecule has 0 bridgehead atoms. The summed E-state index contributed by atoms with van der Waals surface area (Å²) in [7, 11) is -5.04. The largest absolute Gasteiger partial charge is 0.304 e. The Hall–Kier alpha value is 0.560. The van der Waals surface area contributed by atoms with Crippen molar-refractivity contribution in [3.63, 3.8) is 0 Å². The molecule has 0 aliphatic carbocycles. The highest BCUT2D eigenvalue weighted by atomic mass is 35.7. The lowest BCUT2D eigenvalue weighted by atomic mass is 10.4. The van der Waals surface area contributed by atoms with Crippen LogP contribution >= 0.6 is 35.5 Å². The lowest BCUT2D eigenvalue weighted by Crippen LogP contribution is -2.25. The van der Waals surface area contributed by atoms with E-state index < -0.39 is 29.3 Å². The highest BCUT2D eigenvalue weighted by Gasteiger charge is 2.16. The summed E-state index contributed by atoms with van der Waals surface area (Å²) in [6.45, 7) is 13.8. The number of halogens is 3. The molecule has 1 aliphatic rings. The Labute approximate surface area is 217 Å². The maximum absolute atomic E-state index is 10.5. The lowest BCUT2D eigenvalue weighted by Gasteiger charge is -2.16. The van der Waals surface area contributed by atoms with E-state index in [4.69, 9.17) is 15.2 Å². The van der Waals surface area contributed by atoms with Gasteiger partial charge in [-0.3, -0.25) is 8.74 Å². The first-order valence-corrected chi connectivity index (χ1v) is 16.0. The number of nitrogens with zero attached hydrogens (tertiary/aromatic N) is 2. The number of hydrogen-bond donors (Lipinski definition) is 1. The fourth-order valence-electron chi connectivity index (χ4n) is 2.49. The van der Waals surface area contributed by atoms with Crippen LogP contribution in [-0.4, -0.2) is 103 Å². The topological polar surface area (TPSA) is 138 Å². The summed E-state index contributed by atoms with van der Waals surface area (Å²) in [5, 5.41) is 0. The van der Waals surface area contributed by atoms with Crippen LogP contribution in [0.15, 0.2) is 0 Å². The standard InChI is InChI=1S/C7H16ClNO2S.C7H17NO3S.C3H6O3S.2ClH/c1-3-9(4-2)6-5-7-12(8,10)11;1-3-8(4-2)6-5-7-12(9,10)11;4-7(5)3-1-2-6-7;;/h3-7H2,1-2H3;3-7H2,1-2H3,(H,9,10,11);1-3H2;2*1H. The monoisotopic (exact) mass is 602 g/mol. The molecule has 0 aromatic rings. The Morgan fingerprint density at radius 2 is 1.24 bits per heavy atom. The van der Waals surface area contributed by atoms with E-state index in [0.29, 0.717) is 25.9 Å². The molecule has 1 heterocycles. The van der Waals surface area contributed by atoms with Gasteiger partial charge in [0.25, 0.3) is 20.2 Å². The summed E-state index contributed by atoms with van der Waals surface area (Å²) >= 11 is 0. The van der Waals surface area contributed by atoms with E-state index in [9.17, 15) is 25.3 Å². The smallest absolute Gasteiger partial charge is 0.267 e. The molecule has 16 heteroatoms. The van der Waals surface area contributed by atoms with Crippen LogP contribution in [0.3, 0.4) is 0 Å². The van der Waals surface area contributed by atoms with Crippen molar-refractivity contribution in [1.29, 1.82) is 0 Å². The zero-order valence-electron chi connectivity index (χ0n) is 19.8. The summed E-state index contributed by atoms with van der Waals surface area (Å²) in [6, 6.07) is 0. The zero-order valence-corrected chi connectivity index (χ0v) is 24.6. The maximum Gasteiger partial charge on any atom is 0.267 e. The van der Waals surface area contributed by atoms with Crippen LogP contribution in [0.4, 0.5) is 0 Å². The predicted octanol–water partition coefficient (Wildman–Crippen LogP) is 2.47. The second-order valence-corrected chi connectivity index (χ2v) is 13.0. The second kappa shape index (κ2) is 21.8. The van der Waals surface area contributed by atoms with Crippen molar-refractivity contribution in [2.24, 2.45) is 0 Å². The highest BCUT2D eigenvalue weighted by molar-refractivity contribution is 8.13. The van der Waals surface area contributed by atoms with E-state index in [-0.39, 0.29) is 42.1 Å². The van der Waals surface area contributed by atoms with E-state index in [1.165, 1.54) is 0 Å². The van der Waals surface area contributed by atoms with Gasteiger partial charge < -0.3 is 9.80 Å². The molecule has 10 nitrogen and oxygen atoms in total. The molecular formula is C17H41Cl3N2O8S3. The first-order chi connectivity index (χ1) is 14.2. The van der Waals surface area contributed by atoms with Gasteiger partial charge in [0.05, 0.1) is 23.9 Å². The molecule has 1 N–H and O–H groups in total. The minimum atomic E-state index is -3.76. The average molecular weight is 604 g/mol. The van der Waals surface area contributed by atoms with E-state index in [0.717, 1.165) is 39.3 Å². The van der Waals surface area contributed by atoms with Crippen molar-refractivity contribution in [1.82, 2.24) is 9.80 Å². The van der Waals surface area contributed by atoms with Gasteiger partial charge in [0.1, 0.15) is 0 Å². The van der Waals surface area contributed by atoms with Gasteiger partial charge in [0.2, 0.25) is 9.05 Å². The molecule has 0 radical (unpaired) electrons. The summed E-state index contributed by atoms with van der Waals surface area (Å²) in [5.74, 6) is 0.140. The van der Waals surface area contributed by atoms with Gasteiger partial charge in [-0.2, -0.15) is 16.8 Å². The van der Waals surface area contributed by atoms with Crippen molar-refractivity contribution in [3.05, 3.63) is 0 Å². The average Bonchev–Trinajstić information content (AvgIpc) is 3.06. The molecule has 0 aromatic carbocycles. The molecule has 33 heavy (non-hydrogen) atoms. The Morgan fingerprint density at radius 3 is 1.45 bits per heavy atom. The van der Waals surface area contributed by atoms with Crippen LogP contribution in [0, 0.1) is 0 Å². The molecule has 1 fully saturated rings. The molecule has 1 saturated heterocycles. The van der Waals surface area contributed by atoms with Crippen molar-refractivity contribution in [2.45, 2.75) is 47.0 Å². The van der Waals surface area contributed by atoms with Crippen molar-refractivity contribution >= 4 is 64.8 Å². The quantitative estimate of drug-likeness (QED) is 0.201. The Balaban J connectivity index is -0.000000191. The normalized spacial score (nSPS) is 14.9. The molecule has 0 unspecified atom stereocenters. The molecular weight excluding hydrogens is 563 g/mol. The zero-order chi connectivity index (χ0) is 24.6. The van der Waals surface area contributed by atoms with Crippen molar-refractivity contribution in [2.75, 3.05) is 63.1 Å². The summed E-state index contributed by atoms with van der Waals surface area (Å²) in [6.07, 6.45) is 1.77. The molecule has 0 saturated carbocycles. The Kier molecular flexibility index (Phi) is 26.9. The number of rotatable bonds is 12. The molecule has 0 atom stereocenters. The summed E-state index contributed by atoms with van der Waals surface area (Å²) in [4.78, 5) is 4.28. The third-order valence-corrected chi connectivity index (χ3v) is 7.69. The minimum absolute atomic E-state index is 0. The van der Waals surface area contributed by atoms with Crippen LogP contribution in [0.1, 0.15) is 47.0 Å². The van der Waals surface area contributed by atoms with Crippen LogP contribution in [0.25, 0.3) is 0 Å². The van der Waals surface area contributed by atoms with Crippen LogP contribution < -0.4 is 0 Å². The Bertz CT molecular complexity index is 700. The van der Waals surface area contributed by atoms with Gasteiger partial charge in [-0.05, 0) is 58.5 Å². The molecule has 0 amide bonds. The van der Waals surface area contributed by atoms with Gasteiger partial charge in [-0.15, -0.1) is 24.8 Å². The first-order valence-electron chi connectivity index (χ1n) is 10.4. The predicted molar refractivity (Wildman–Crippen MR) is 140 cm³/mol. The maximum atomic E-state index is 10.5. The third kappa shape index (κ3) is 30.5. The highest BCUT2D eigenvalue weighted by Crippen LogP contribution is 2.05. The fraction of sp³-hybridized carbons (Fsp3) is 1.00. The summed E-state index contributed by atoms with van der Waals surface area (Å²) < 4.78 is 74.9. The molecule has 1 aliphatic heterocycles. The molecule has 0 spiro atoms. The lowest BCUT2D eigenvalue weighted by molar-refractivity contribution is 0.304. The van der Waals surface area contributed by atoms with Gasteiger partial charge in [0.15, 0.2) is 0 Å². The molecule has 1 rings (SSSR count). The van der Waals surface area contributed by atoms with Gasteiger partial charge in [-0.1, -0.05) is 27.7 Å². The minimum Gasteiger partial charge on any atom is -0.304 e. The Morgan fingerprint density at radius 1 is 0.848 bits per heavy atom. The van der Waals surface area contributed by atoms with E-state index in [1.807, 2.05) is 13.8 Å². The van der Waals surface area contributed by atoms with Gasteiger partial charge in [-0.25, -0.2) is 8.42 Å². The van der Waals surface area contributed by atoms with Crippen molar-refractivity contribution < 1.29 is 34.0 Å². The van der Waals surface area contributed by atoms with Crippen LogP contribution in [0.5, 0.6) is 0 Å². The molecule has 206 valence electrons. The van der Waals surface area contributed by atoms with Gasteiger partial charge in [0, 0.05) is 10.7 Å². The van der Waals surface area contributed by atoms with E-state index in [1.54, 1.807) is 0 Å². The SMILES string of the molecule is CCN(CC)CCCS(=O)(=O)Cl.CCN(CC)CCCS(=O)(=O)O.Cl.Cl.O=S1(=O)CCCO1. The van der Waals surface area contributed by atoms with E-state index >= 15 is 0 Å². The number of hydrogen-bond acceptors (Lipinski definition) is 9.